The zero-order chi connectivity index (χ0) is 17.3. The molecule has 0 heterocycles. The van der Waals surface area contributed by atoms with E-state index in [1.165, 1.54) is 0 Å². The molecule has 0 saturated carbocycles. The topological polar surface area (TPSA) is 109 Å². The molecule has 122 valence electrons. The van der Waals surface area contributed by atoms with Gasteiger partial charge in [0.05, 0.1) is 12.3 Å². The Hall–Kier alpha value is -3.15. The summed E-state index contributed by atoms with van der Waals surface area (Å²) in [5.74, 6) is -3.10. The number of nitrogens with two attached hydrogens (primary N) is 1. The van der Waals surface area contributed by atoms with E-state index in [1.54, 1.807) is 0 Å². The Balaban J connectivity index is 1.95. The molecule has 6 heteroatoms. The second kappa shape index (κ2) is 6.16. The summed E-state index contributed by atoms with van der Waals surface area (Å²) in [6.07, 6.45) is -0.545. The Kier molecular flexibility index (Phi) is 4.04. The number of primary amides is 1. The number of aliphatic carboxylic acids is 1. The standard InChI is InChI=1S/C18H16N2O4/c19-17(23)14(9-15(21)22)20-18(24)16-12-7-3-1-5-10(12)11-6-2-4-8-13(11)16/h1-8,14,16H,9H2,(H2,19,23)(H,20,24)(H,21,22)/t14-/m1/s1. The fourth-order valence-electron chi connectivity index (χ4n) is 3.09. The molecule has 2 aromatic carbocycles. The van der Waals surface area contributed by atoms with Crippen LogP contribution in [0.15, 0.2) is 48.5 Å². The zero-order valence-electron chi connectivity index (χ0n) is 12.7. The first-order chi connectivity index (χ1) is 11.5. The summed E-state index contributed by atoms with van der Waals surface area (Å²) in [5.41, 5.74) is 8.78. The van der Waals surface area contributed by atoms with E-state index in [2.05, 4.69) is 5.32 Å². The Labute approximate surface area is 138 Å². The van der Waals surface area contributed by atoms with Crippen LogP contribution in [0.25, 0.3) is 11.1 Å². The third-order valence-corrected chi connectivity index (χ3v) is 4.13. The molecule has 2 aromatic rings. The molecule has 24 heavy (non-hydrogen) atoms. The van der Waals surface area contributed by atoms with E-state index >= 15 is 0 Å². The van der Waals surface area contributed by atoms with Gasteiger partial charge in [-0.3, -0.25) is 14.4 Å². The third-order valence-electron chi connectivity index (χ3n) is 4.13. The van der Waals surface area contributed by atoms with Crippen LogP contribution in [0.5, 0.6) is 0 Å². The fourth-order valence-corrected chi connectivity index (χ4v) is 3.09. The van der Waals surface area contributed by atoms with Gasteiger partial charge in [-0.05, 0) is 22.3 Å². The Morgan fingerprint density at radius 3 is 1.96 bits per heavy atom. The second-order valence-electron chi connectivity index (χ2n) is 5.67. The van der Waals surface area contributed by atoms with E-state index in [4.69, 9.17) is 10.8 Å². The zero-order valence-corrected chi connectivity index (χ0v) is 12.7. The van der Waals surface area contributed by atoms with Crippen LogP contribution in [0.1, 0.15) is 23.5 Å². The van der Waals surface area contributed by atoms with Gasteiger partial charge in [0.25, 0.3) is 0 Å². The molecule has 0 aromatic heterocycles. The van der Waals surface area contributed by atoms with E-state index in [9.17, 15) is 14.4 Å². The lowest BCUT2D eigenvalue weighted by molar-refractivity contribution is -0.140. The lowest BCUT2D eigenvalue weighted by Gasteiger charge is -2.18. The van der Waals surface area contributed by atoms with Gasteiger partial charge in [-0.1, -0.05) is 48.5 Å². The number of rotatable bonds is 5. The van der Waals surface area contributed by atoms with Crippen molar-refractivity contribution in [3.05, 3.63) is 59.7 Å². The molecule has 1 aliphatic carbocycles. The van der Waals surface area contributed by atoms with Crippen molar-refractivity contribution in [1.29, 1.82) is 0 Å². The number of carbonyl (C=O) groups excluding carboxylic acids is 2. The molecular weight excluding hydrogens is 308 g/mol. The largest absolute Gasteiger partial charge is 0.481 e. The monoisotopic (exact) mass is 324 g/mol. The number of hydrogen-bond acceptors (Lipinski definition) is 3. The highest BCUT2D eigenvalue weighted by Gasteiger charge is 2.35. The SMILES string of the molecule is NC(=O)[C@@H](CC(=O)O)NC(=O)C1c2ccccc2-c2ccccc21. The number of benzene rings is 2. The summed E-state index contributed by atoms with van der Waals surface area (Å²) in [4.78, 5) is 35.0. The molecule has 0 radical (unpaired) electrons. The average Bonchev–Trinajstić information content (AvgIpc) is 2.88. The maximum atomic E-state index is 12.8. The number of carboxylic acids is 1. The highest BCUT2D eigenvalue weighted by molar-refractivity contribution is 5.98. The van der Waals surface area contributed by atoms with Gasteiger partial charge in [0.1, 0.15) is 6.04 Å². The molecule has 1 aliphatic rings. The maximum Gasteiger partial charge on any atom is 0.305 e. The first-order valence-electron chi connectivity index (χ1n) is 7.48. The first-order valence-corrected chi connectivity index (χ1v) is 7.48. The molecule has 0 unspecified atom stereocenters. The minimum atomic E-state index is -1.24. The normalized spacial score (nSPS) is 13.7. The molecule has 0 saturated heterocycles. The number of hydrogen-bond donors (Lipinski definition) is 3. The maximum absolute atomic E-state index is 12.8. The van der Waals surface area contributed by atoms with Gasteiger partial charge in [0, 0.05) is 0 Å². The predicted molar refractivity (Wildman–Crippen MR) is 87.1 cm³/mol. The van der Waals surface area contributed by atoms with E-state index < -0.39 is 36.2 Å². The van der Waals surface area contributed by atoms with Crippen LogP contribution in [-0.4, -0.2) is 28.9 Å². The van der Waals surface area contributed by atoms with Gasteiger partial charge < -0.3 is 16.2 Å². The summed E-state index contributed by atoms with van der Waals surface area (Å²) in [6.45, 7) is 0. The van der Waals surface area contributed by atoms with E-state index in [1.807, 2.05) is 48.5 Å². The first kappa shape index (κ1) is 15.7. The number of fused-ring (bicyclic) bond motifs is 3. The van der Waals surface area contributed by atoms with Crippen molar-refractivity contribution in [1.82, 2.24) is 5.32 Å². The Morgan fingerprint density at radius 1 is 1.00 bits per heavy atom. The van der Waals surface area contributed by atoms with Gasteiger partial charge in [-0.25, -0.2) is 0 Å². The molecule has 6 nitrogen and oxygen atoms in total. The molecule has 0 fully saturated rings. The average molecular weight is 324 g/mol. The summed E-state index contributed by atoms with van der Waals surface area (Å²) in [6, 6.07) is 13.8. The van der Waals surface area contributed by atoms with Gasteiger partial charge in [0.2, 0.25) is 11.8 Å². The lowest BCUT2D eigenvalue weighted by atomic mass is 9.95. The van der Waals surface area contributed by atoms with Crippen LogP contribution in [0, 0.1) is 0 Å². The molecule has 4 N–H and O–H groups in total. The van der Waals surface area contributed by atoms with Crippen molar-refractivity contribution >= 4 is 17.8 Å². The summed E-state index contributed by atoms with van der Waals surface area (Å²) < 4.78 is 0. The Bertz CT molecular complexity index is 786. The van der Waals surface area contributed by atoms with Gasteiger partial charge in [-0.15, -0.1) is 0 Å². The molecule has 1 atom stereocenters. The lowest BCUT2D eigenvalue weighted by Crippen LogP contribution is -2.47. The number of amides is 2. The second-order valence-corrected chi connectivity index (χ2v) is 5.67. The van der Waals surface area contributed by atoms with Crippen molar-refractivity contribution in [3.63, 3.8) is 0 Å². The molecule has 0 aliphatic heterocycles. The van der Waals surface area contributed by atoms with Crippen molar-refractivity contribution in [2.24, 2.45) is 5.73 Å². The van der Waals surface area contributed by atoms with E-state index in [-0.39, 0.29) is 0 Å². The van der Waals surface area contributed by atoms with E-state index in [0.29, 0.717) is 0 Å². The predicted octanol–water partition coefficient (Wildman–Crippen LogP) is 1.24. The summed E-state index contributed by atoms with van der Waals surface area (Å²) >= 11 is 0. The molecule has 0 bridgehead atoms. The minimum absolute atomic E-state index is 0.433. The molecular formula is C18H16N2O4. The van der Waals surface area contributed by atoms with Gasteiger partial charge in [0.15, 0.2) is 0 Å². The van der Waals surface area contributed by atoms with Gasteiger partial charge >= 0.3 is 5.97 Å². The van der Waals surface area contributed by atoms with Crippen molar-refractivity contribution in [3.8, 4) is 11.1 Å². The molecule has 0 spiro atoms. The van der Waals surface area contributed by atoms with Crippen molar-refractivity contribution in [2.45, 2.75) is 18.4 Å². The fraction of sp³-hybridized carbons (Fsp3) is 0.167. The summed E-state index contributed by atoms with van der Waals surface area (Å²) in [7, 11) is 0. The van der Waals surface area contributed by atoms with Crippen LogP contribution in [0.4, 0.5) is 0 Å². The summed E-state index contributed by atoms with van der Waals surface area (Å²) in [5, 5.41) is 11.3. The number of carbonyl (C=O) groups is 3. The van der Waals surface area contributed by atoms with Crippen LogP contribution in [-0.2, 0) is 14.4 Å². The van der Waals surface area contributed by atoms with Crippen LogP contribution in [0.3, 0.4) is 0 Å². The number of carboxylic acid groups (broad SMARTS) is 1. The molecule has 2 amide bonds. The van der Waals surface area contributed by atoms with Crippen LogP contribution < -0.4 is 11.1 Å². The van der Waals surface area contributed by atoms with Crippen molar-refractivity contribution in [2.75, 3.05) is 0 Å². The quantitative estimate of drug-likeness (QED) is 0.768. The molecule has 3 rings (SSSR count). The van der Waals surface area contributed by atoms with Crippen LogP contribution in [0.2, 0.25) is 0 Å². The highest BCUT2D eigenvalue weighted by atomic mass is 16.4. The minimum Gasteiger partial charge on any atom is -0.481 e. The highest BCUT2D eigenvalue weighted by Crippen LogP contribution is 2.44. The smallest absolute Gasteiger partial charge is 0.305 e. The van der Waals surface area contributed by atoms with Gasteiger partial charge in [-0.2, -0.15) is 0 Å². The third kappa shape index (κ3) is 2.74. The number of nitrogens with one attached hydrogen (secondary N) is 1. The van der Waals surface area contributed by atoms with E-state index in [0.717, 1.165) is 22.3 Å². The van der Waals surface area contributed by atoms with Crippen LogP contribution >= 0.6 is 0 Å². The van der Waals surface area contributed by atoms with Crippen molar-refractivity contribution < 1.29 is 19.5 Å². The Morgan fingerprint density at radius 2 is 1.50 bits per heavy atom.